The van der Waals surface area contributed by atoms with E-state index >= 15 is 0 Å². The zero-order valence-corrected chi connectivity index (χ0v) is 22.5. The second-order valence-corrected chi connectivity index (χ2v) is 10.2. The van der Waals surface area contributed by atoms with Crippen molar-refractivity contribution in [2.24, 2.45) is 0 Å². The van der Waals surface area contributed by atoms with E-state index < -0.39 is 5.41 Å². The Hall–Kier alpha value is -3.23. The molecule has 0 saturated carbocycles. The van der Waals surface area contributed by atoms with Gasteiger partial charge in [0.15, 0.2) is 0 Å². The Morgan fingerprint density at radius 1 is 0.611 bits per heavy atom. The van der Waals surface area contributed by atoms with Crippen molar-refractivity contribution in [1.29, 1.82) is 0 Å². The molecule has 0 spiro atoms. The maximum absolute atomic E-state index is 6.94. The average molecular weight is 495 g/mol. The van der Waals surface area contributed by atoms with E-state index in [0.29, 0.717) is 0 Å². The number of hydrogen-bond donors (Lipinski definition) is 2. The van der Waals surface area contributed by atoms with E-state index in [1.807, 2.05) is 6.07 Å². The minimum absolute atomic E-state index is 0.514. The molecule has 0 unspecified atom stereocenters. The summed E-state index contributed by atoms with van der Waals surface area (Å²) in [4.78, 5) is 0. The highest BCUT2D eigenvalue weighted by atomic mass is 35.5. The summed E-state index contributed by atoms with van der Waals surface area (Å²) in [6.45, 7) is 8.73. The zero-order valence-electron chi connectivity index (χ0n) is 21.7. The highest BCUT2D eigenvalue weighted by Crippen LogP contribution is 2.58. The van der Waals surface area contributed by atoms with Crippen LogP contribution in [0.15, 0.2) is 66.7 Å². The molecule has 36 heavy (non-hydrogen) atoms. The molecule has 0 atom stereocenters. The molecule has 1 aliphatic rings. The Labute approximate surface area is 220 Å². The molecule has 0 aliphatic heterocycles. The first kappa shape index (κ1) is 24.5. The van der Waals surface area contributed by atoms with Crippen LogP contribution in [0.3, 0.4) is 0 Å². The molecule has 184 valence electrons. The summed E-state index contributed by atoms with van der Waals surface area (Å²) < 4.78 is 0. The van der Waals surface area contributed by atoms with Crippen LogP contribution in [0.4, 0.5) is 11.4 Å². The molecule has 4 aromatic rings. The number of nitrogens with two attached hydrogens (primary N) is 2. The van der Waals surface area contributed by atoms with Gasteiger partial charge >= 0.3 is 0 Å². The highest BCUT2D eigenvalue weighted by molar-refractivity contribution is 6.34. The third kappa shape index (κ3) is 3.38. The first-order valence-corrected chi connectivity index (χ1v) is 13.5. The normalized spacial score (nSPS) is 13.5. The van der Waals surface area contributed by atoms with Crippen LogP contribution in [0, 0.1) is 0 Å². The molecule has 5 rings (SSSR count). The molecule has 0 radical (unpaired) electrons. The molecule has 3 heteroatoms. The Morgan fingerprint density at radius 3 is 1.53 bits per heavy atom. The van der Waals surface area contributed by atoms with Gasteiger partial charge in [0, 0.05) is 22.0 Å². The summed E-state index contributed by atoms with van der Waals surface area (Å²) >= 11 is 6.94. The minimum Gasteiger partial charge on any atom is -0.398 e. The summed E-state index contributed by atoms with van der Waals surface area (Å²) in [6, 6.07) is 24.4. The Morgan fingerprint density at radius 2 is 1.06 bits per heavy atom. The third-order valence-corrected chi connectivity index (χ3v) is 8.43. The van der Waals surface area contributed by atoms with Gasteiger partial charge in [-0.3, -0.25) is 0 Å². The number of anilines is 2. The zero-order chi connectivity index (χ0) is 25.6. The summed E-state index contributed by atoms with van der Waals surface area (Å²) in [5.74, 6) is 0. The number of fused-ring (bicyclic) bond motifs is 3. The van der Waals surface area contributed by atoms with Crippen LogP contribution in [0.1, 0.15) is 72.2 Å². The molecule has 4 N–H and O–H groups in total. The van der Waals surface area contributed by atoms with Crippen LogP contribution in [0.2, 0.25) is 5.02 Å². The van der Waals surface area contributed by atoms with Gasteiger partial charge in [-0.15, -0.1) is 0 Å². The first-order valence-electron chi connectivity index (χ1n) is 13.1. The molecule has 1 aliphatic carbocycles. The fourth-order valence-electron chi connectivity index (χ4n) is 6.23. The van der Waals surface area contributed by atoms with Crippen molar-refractivity contribution in [2.75, 3.05) is 11.5 Å². The molecular formula is C33H35ClN2. The van der Waals surface area contributed by atoms with Gasteiger partial charge in [-0.25, -0.2) is 0 Å². The topological polar surface area (TPSA) is 52.0 Å². The lowest BCUT2D eigenvalue weighted by Crippen LogP contribution is -2.30. The van der Waals surface area contributed by atoms with Crippen molar-refractivity contribution < 1.29 is 0 Å². The Bertz CT molecular complexity index is 1360. The minimum atomic E-state index is -0.514. The number of rotatable bonds is 6. The van der Waals surface area contributed by atoms with E-state index in [1.54, 1.807) is 0 Å². The van der Waals surface area contributed by atoms with Gasteiger partial charge < -0.3 is 11.5 Å². The Balaban J connectivity index is 2.02. The number of nitrogen functional groups attached to an aromatic ring is 2. The van der Waals surface area contributed by atoms with Crippen molar-refractivity contribution in [3.63, 3.8) is 0 Å². The standard InChI is InChI=1S/C33H35ClN2/c1-5-20-16-24(17-21(6-2)31(20)35)33(25-18-22(7-3)32(36)23(8-4)19-25)27-13-10-9-12-26(27)30-28(33)14-11-15-29(30)34/h9-19H,5-8,35-36H2,1-4H3. The maximum Gasteiger partial charge on any atom is 0.0714 e. The van der Waals surface area contributed by atoms with Crippen molar-refractivity contribution in [3.8, 4) is 11.1 Å². The highest BCUT2D eigenvalue weighted by Gasteiger charge is 2.47. The van der Waals surface area contributed by atoms with Gasteiger partial charge in [0.25, 0.3) is 0 Å². The van der Waals surface area contributed by atoms with Gasteiger partial charge in [-0.1, -0.05) is 100.0 Å². The second kappa shape index (κ2) is 9.33. The third-order valence-electron chi connectivity index (χ3n) is 8.11. The van der Waals surface area contributed by atoms with Crippen molar-refractivity contribution >= 4 is 23.0 Å². The summed E-state index contributed by atoms with van der Waals surface area (Å²) in [5.41, 5.74) is 26.7. The molecule has 4 aromatic carbocycles. The van der Waals surface area contributed by atoms with Crippen LogP contribution in [-0.4, -0.2) is 0 Å². The van der Waals surface area contributed by atoms with Crippen molar-refractivity contribution in [2.45, 2.75) is 58.8 Å². The first-order chi connectivity index (χ1) is 17.4. The maximum atomic E-state index is 6.94. The summed E-state index contributed by atoms with van der Waals surface area (Å²) in [5, 5.41) is 0.783. The monoisotopic (exact) mass is 494 g/mol. The fraction of sp³-hybridized carbons (Fsp3) is 0.273. The van der Waals surface area contributed by atoms with Crippen LogP contribution in [0.5, 0.6) is 0 Å². The second-order valence-electron chi connectivity index (χ2n) is 9.79. The van der Waals surface area contributed by atoms with Crippen LogP contribution >= 0.6 is 11.6 Å². The summed E-state index contributed by atoms with van der Waals surface area (Å²) in [7, 11) is 0. The van der Waals surface area contributed by atoms with Crippen molar-refractivity contribution in [3.05, 3.63) is 116 Å². The molecule has 0 amide bonds. The van der Waals surface area contributed by atoms with Gasteiger partial charge in [0.2, 0.25) is 0 Å². The quantitative estimate of drug-likeness (QED) is 0.234. The summed E-state index contributed by atoms with van der Waals surface area (Å²) in [6.07, 6.45) is 3.54. The predicted molar refractivity (Wildman–Crippen MR) is 155 cm³/mol. The molecule has 0 saturated heterocycles. The SMILES string of the molecule is CCc1cc(C2(c3cc(CC)c(N)c(CC)c3)c3ccccc3-c3c(Cl)cccc32)cc(CC)c1N. The lowest BCUT2D eigenvalue weighted by Gasteiger charge is -2.36. The Kier molecular flexibility index (Phi) is 6.34. The number of benzene rings is 4. The van der Waals surface area contributed by atoms with E-state index in [4.69, 9.17) is 23.1 Å². The molecular weight excluding hydrogens is 460 g/mol. The van der Waals surface area contributed by atoms with Crippen LogP contribution in [-0.2, 0) is 31.1 Å². The van der Waals surface area contributed by atoms with E-state index in [0.717, 1.165) is 47.6 Å². The molecule has 0 aromatic heterocycles. The van der Waals surface area contributed by atoms with Gasteiger partial charge in [-0.2, -0.15) is 0 Å². The number of aryl methyl sites for hydroxylation is 4. The largest absolute Gasteiger partial charge is 0.398 e. The number of hydrogen-bond acceptors (Lipinski definition) is 2. The lowest BCUT2D eigenvalue weighted by molar-refractivity contribution is 0.759. The fourth-order valence-corrected chi connectivity index (χ4v) is 6.51. The van der Waals surface area contributed by atoms with E-state index in [2.05, 4.69) is 88.4 Å². The molecule has 0 heterocycles. The van der Waals surface area contributed by atoms with E-state index in [1.165, 1.54) is 50.1 Å². The van der Waals surface area contributed by atoms with Gasteiger partial charge in [0.1, 0.15) is 0 Å². The van der Waals surface area contributed by atoms with Crippen LogP contribution < -0.4 is 11.5 Å². The predicted octanol–water partition coefficient (Wildman–Crippen LogP) is 8.12. The average Bonchev–Trinajstić information content (AvgIpc) is 3.21. The number of halogens is 1. The lowest BCUT2D eigenvalue weighted by atomic mass is 9.66. The van der Waals surface area contributed by atoms with E-state index in [-0.39, 0.29) is 0 Å². The smallest absolute Gasteiger partial charge is 0.0714 e. The van der Waals surface area contributed by atoms with Gasteiger partial charge in [-0.05, 0) is 81.8 Å². The van der Waals surface area contributed by atoms with Crippen LogP contribution in [0.25, 0.3) is 11.1 Å². The molecule has 2 nitrogen and oxygen atoms in total. The molecule has 0 fully saturated rings. The van der Waals surface area contributed by atoms with Crippen molar-refractivity contribution in [1.82, 2.24) is 0 Å². The van der Waals surface area contributed by atoms with Gasteiger partial charge in [0.05, 0.1) is 5.41 Å². The van der Waals surface area contributed by atoms with E-state index in [9.17, 15) is 0 Å². The molecule has 0 bridgehead atoms.